The average molecular weight is 675 g/mol. The number of hydrogen-bond acceptors (Lipinski definition) is 6. The Kier molecular flexibility index (Phi) is 9.21. The highest BCUT2D eigenvalue weighted by molar-refractivity contribution is 6.06. The minimum atomic E-state index is -0.630. The van der Waals surface area contributed by atoms with Gasteiger partial charge >= 0.3 is 0 Å². The van der Waals surface area contributed by atoms with Gasteiger partial charge in [-0.3, -0.25) is 29.0 Å². The Morgan fingerprint density at radius 2 is 1.90 bits per heavy atom. The molecule has 7 rings (SSSR count). The number of pyridine rings is 1. The lowest BCUT2D eigenvalue weighted by Crippen LogP contribution is -2.53. The van der Waals surface area contributed by atoms with E-state index >= 15 is 4.39 Å². The highest BCUT2D eigenvalue weighted by atomic mass is 19.1. The molecular formula is C39H39FN6O4. The molecule has 2 aromatic heterocycles. The molecule has 11 heteroatoms. The standard InChI is InChI=1S/C39H39FN6O4/c1-44-17-7-10-33(44)32-20-26-22-41-35(21-31(26)42-32)43-37(48)29-14-12-25(19-30(29)40)9-6-4-3-5-8-24-11-13-28-27(18-24)23-46(38(28)49)34-15-16-36(47)45(2)39(34)50/h11-14,18-22,33-34,42H,3-4,6-7,9-10,15-17,23H2,1-2H3,(H,41,43,48)/t33-,34?/m1/s1. The number of hydrogen-bond donors (Lipinski definition) is 2. The average Bonchev–Trinajstić information content (AvgIpc) is 3.81. The number of halogens is 1. The van der Waals surface area contributed by atoms with Gasteiger partial charge in [0.25, 0.3) is 17.7 Å². The van der Waals surface area contributed by atoms with Gasteiger partial charge in [0.2, 0.25) is 5.91 Å². The van der Waals surface area contributed by atoms with Gasteiger partial charge in [-0.25, -0.2) is 9.37 Å². The van der Waals surface area contributed by atoms with Crippen molar-refractivity contribution in [1.82, 2.24) is 24.7 Å². The van der Waals surface area contributed by atoms with Gasteiger partial charge in [0.15, 0.2) is 0 Å². The number of anilines is 1. The number of carbonyl (C=O) groups is 4. The summed E-state index contributed by atoms with van der Waals surface area (Å²) in [5.74, 6) is 4.83. The number of carbonyl (C=O) groups excluding carboxylic acids is 4. The van der Waals surface area contributed by atoms with Crippen LogP contribution in [0.3, 0.4) is 0 Å². The van der Waals surface area contributed by atoms with Gasteiger partial charge in [-0.05, 0) is 99.6 Å². The van der Waals surface area contributed by atoms with Gasteiger partial charge in [-0.1, -0.05) is 17.9 Å². The summed E-state index contributed by atoms with van der Waals surface area (Å²) >= 11 is 0. The third kappa shape index (κ3) is 6.63. The molecule has 4 amide bonds. The van der Waals surface area contributed by atoms with E-state index in [0.29, 0.717) is 43.2 Å². The molecule has 0 saturated carbocycles. The highest BCUT2D eigenvalue weighted by Gasteiger charge is 2.41. The van der Waals surface area contributed by atoms with E-state index in [1.807, 2.05) is 12.1 Å². The Labute approximate surface area is 290 Å². The van der Waals surface area contributed by atoms with Crippen LogP contribution < -0.4 is 5.32 Å². The van der Waals surface area contributed by atoms with Gasteiger partial charge in [0, 0.05) is 66.9 Å². The number of aromatic amines is 1. The van der Waals surface area contributed by atoms with Crippen molar-refractivity contribution in [1.29, 1.82) is 0 Å². The zero-order valence-electron chi connectivity index (χ0n) is 28.2. The number of likely N-dealkylation sites (N-methyl/N-ethyl adjacent to an activating group) is 1. The number of aromatic nitrogens is 2. The Balaban J connectivity index is 0.887. The Morgan fingerprint density at radius 3 is 2.70 bits per heavy atom. The van der Waals surface area contributed by atoms with Gasteiger partial charge in [-0.2, -0.15) is 0 Å². The van der Waals surface area contributed by atoms with Crippen LogP contribution in [-0.2, 0) is 22.6 Å². The molecule has 1 unspecified atom stereocenters. The minimum absolute atomic E-state index is 0.0341. The SMILES string of the molecule is CN1C(=O)CCC(N2Cc3cc(C#CCCCCc4ccc(C(=O)Nc5cc6[nH]c([C@H]7CCCN7C)cc6cn5)c(F)c4)ccc3C2=O)C1=O. The zero-order valence-corrected chi connectivity index (χ0v) is 28.2. The van der Waals surface area contributed by atoms with E-state index in [9.17, 15) is 19.2 Å². The Morgan fingerprint density at radius 1 is 1.04 bits per heavy atom. The van der Waals surface area contributed by atoms with Crippen LogP contribution in [-0.4, -0.2) is 75.0 Å². The molecule has 10 nitrogen and oxygen atoms in total. The van der Waals surface area contributed by atoms with Gasteiger partial charge in [-0.15, -0.1) is 0 Å². The van der Waals surface area contributed by atoms with Crippen LogP contribution in [0.4, 0.5) is 10.2 Å². The maximum absolute atomic E-state index is 15.0. The molecule has 4 aromatic rings. The van der Waals surface area contributed by atoms with Crippen LogP contribution in [0.1, 0.15) is 94.1 Å². The third-order valence-electron chi connectivity index (χ3n) is 10.1. The molecule has 2 atom stereocenters. The molecule has 5 heterocycles. The lowest BCUT2D eigenvalue weighted by Gasteiger charge is -2.33. The second kappa shape index (κ2) is 13.9. The number of amides is 4. The number of benzene rings is 2. The van der Waals surface area contributed by atoms with Crippen molar-refractivity contribution in [3.8, 4) is 11.8 Å². The van der Waals surface area contributed by atoms with Crippen LogP contribution in [0, 0.1) is 17.7 Å². The van der Waals surface area contributed by atoms with Crippen LogP contribution in [0.5, 0.6) is 0 Å². The second-order valence-corrected chi connectivity index (χ2v) is 13.4. The summed E-state index contributed by atoms with van der Waals surface area (Å²) in [4.78, 5) is 63.3. The number of rotatable bonds is 8. The summed E-state index contributed by atoms with van der Waals surface area (Å²) in [5.41, 5.74) is 4.97. The van der Waals surface area contributed by atoms with E-state index in [1.54, 1.807) is 29.3 Å². The van der Waals surface area contributed by atoms with Gasteiger partial charge in [0.1, 0.15) is 17.7 Å². The lowest BCUT2D eigenvalue weighted by molar-refractivity contribution is -0.150. The van der Waals surface area contributed by atoms with Crippen molar-refractivity contribution >= 4 is 40.3 Å². The molecule has 2 fully saturated rings. The number of fused-ring (bicyclic) bond motifs is 2. The Bertz CT molecular complexity index is 2080. The minimum Gasteiger partial charge on any atom is -0.357 e. The van der Waals surface area contributed by atoms with E-state index in [0.717, 1.165) is 70.4 Å². The maximum atomic E-state index is 15.0. The molecule has 2 aromatic carbocycles. The van der Waals surface area contributed by atoms with Crippen molar-refractivity contribution in [3.63, 3.8) is 0 Å². The fourth-order valence-electron chi connectivity index (χ4n) is 7.25. The molecule has 3 aliphatic rings. The summed E-state index contributed by atoms with van der Waals surface area (Å²) in [5, 5.41) is 3.70. The van der Waals surface area contributed by atoms with E-state index in [2.05, 4.69) is 45.1 Å². The van der Waals surface area contributed by atoms with Crippen molar-refractivity contribution in [2.45, 2.75) is 70.0 Å². The smallest absolute Gasteiger partial charge is 0.259 e. The predicted molar refractivity (Wildman–Crippen MR) is 187 cm³/mol. The number of nitrogens with zero attached hydrogens (tertiary/aromatic N) is 4. The molecule has 256 valence electrons. The first kappa shape index (κ1) is 33.2. The lowest BCUT2D eigenvalue weighted by atomic mass is 10.0. The maximum Gasteiger partial charge on any atom is 0.259 e. The topological polar surface area (TPSA) is 119 Å². The summed E-state index contributed by atoms with van der Waals surface area (Å²) in [7, 11) is 3.58. The normalized spacial score (nSPS) is 19.2. The fourth-order valence-corrected chi connectivity index (χ4v) is 7.25. The summed E-state index contributed by atoms with van der Waals surface area (Å²) in [6.07, 6.45) is 7.48. The first-order chi connectivity index (χ1) is 24.2. The number of nitrogens with one attached hydrogen (secondary N) is 2. The molecule has 2 saturated heterocycles. The van der Waals surface area contributed by atoms with E-state index in [1.165, 1.54) is 19.2 Å². The molecule has 50 heavy (non-hydrogen) atoms. The number of H-pyrrole nitrogens is 1. The quantitative estimate of drug-likeness (QED) is 0.143. The van der Waals surface area contributed by atoms with Crippen LogP contribution in [0.15, 0.2) is 54.7 Å². The number of aryl methyl sites for hydroxylation is 1. The van der Waals surface area contributed by atoms with E-state index in [-0.39, 0.29) is 29.7 Å². The molecule has 2 N–H and O–H groups in total. The molecule has 3 aliphatic heterocycles. The molecular weight excluding hydrogens is 635 g/mol. The number of piperidine rings is 1. The third-order valence-corrected chi connectivity index (χ3v) is 10.1. The number of likely N-dealkylation sites (tertiary alicyclic amines) is 2. The zero-order chi connectivity index (χ0) is 34.9. The molecule has 0 radical (unpaired) electrons. The van der Waals surface area contributed by atoms with Crippen molar-refractivity contribution in [2.75, 3.05) is 26.0 Å². The highest BCUT2D eigenvalue weighted by Crippen LogP contribution is 2.32. The first-order valence-corrected chi connectivity index (χ1v) is 17.2. The van der Waals surface area contributed by atoms with Crippen LogP contribution in [0.25, 0.3) is 10.9 Å². The summed E-state index contributed by atoms with van der Waals surface area (Å²) in [6.45, 7) is 1.39. The number of imide groups is 1. The Hall–Kier alpha value is -5.34. The fraction of sp³-hybridized carbons (Fsp3) is 0.359. The van der Waals surface area contributed by atoms with Gasteiger partial charge < -0.3 is 15.2 Å². The number of unbranched alkanes of at least 4 members (excludes halogenated alkanes) is 2. The van der Waals surface area contributed by atoms with Gasteiger partial charge in [0.05, 0.1) is 11.1 Å². The molecule has 0 spiro atoms. The van der Waals surface area contributed by atoms with Crippen molar-refractivity contribution in [3.05, 3.63) is 94.1 Å². The predicted octanol–water partition coefficient (Wildman–Crippen LogP) is 5.59. The monoisotopic (exact) mass is 674 g/mol. The van der Waals surface area contributed by atoms with Crippen molar-refractivity contribution in [2.24, 2.45) is 0 Å². The van der Waals surface area contributed by atoms with Crippen LogP contribution in [0.2, 0.25) is 0 Å². The second-order valence-electron chi connectivity index (χ2n) is 13.4. The molecule has 0 bridgehead atoms. The van der Waals surface area contributed by atoms with E-state index in [4.69, 9.17) is 0 Å². The van der Waals surface area contributed by atoms with E-state index < -0.39 is 17.8 Å². The molecule has 0 aliphatic carbocycles. The first-order valence-electron chi connectivity index (χ1n) is 17.2. The van der Waals surface area contributed by atoms with Crippen molar-refractivity contribution < 1.29 is 23.6 Å². The van der Waals surface area contributed by atoms with Crippen LogP contribution >= 0.6 is 0 Å². The summed E-state index contributed by atoms with van der Waals surface area (Å²) in [6, 6.07) is 13.8. The largest absolute Gasteiger partial charge is 0.357 e. The summed E-state index contributed by atoms with van der Waals surface area (Å²) < 4.78 is 15.0.